The minimum atomic E-state index is 0.594. The highest BCUT2D eigenvalue weighted by Gasteiger charge is 2.05. The van der Waals surface area contributed by atoms with Crippen molar-refractivity contribution in [2.24, 2.45) is 0 Å². The molecule has 0 aliphatic heterocycles. The second-order valence-electron chi connectivity index (χ2n) is 5.01. The number of aryl methyl sites for hydroxylation is 1. The Hall–Kier alpha value is -1.19. The van der Waals surface area contributed by atoms with Crippen LogP contribution in [0.3, 0.4) is 0 Å². The highest BCUT2D eigenvalue weighted by molar-refractivity contribution is 7.09. The number of benzene rings is 1. The molecule has 0 saturated carbocycles. The summed E-state index contributed by atoms with van der Waals surface area (Å²) in [7, 11) is 0. The molecule has 1 heterocycles. The molecule has 1 aromatic carbocycles. The molecular weight excluding hydrogens is 252 g/mol. The van der Waals surface area contributed by atoms with Gasteiger partial charge >= 0.3 is 0 Å². The van der Waals surface area contributed by atoms with Crippen LogP contribution in [0, 0.1) is 6.92 Å². The van der Waals surface area contributed by atoms with Crippen molar-refractivity contribution in [3.05, 3.63) is 40.2 Å². The second kappa shape index (κ2) is 6.83. The monoisotopic (exact) mass is 274 g/mol. The maximum Gasteiger partial charge on any atom is 0.0945 e. The van der Waals surface area contributed by atoms with Gasteiger partial charge in [-0.05, 0) is 20.3 Å². The predicted molar refractivity (Wildman–Crippen MR) is 83.7 cm³/mol. The van der Waals surface area contributed by atoms with Crippen LogP contribution < -0.4 is 5.32 Å². The number of hydrogen-bond donors (Lipinski definition) is 1. The summed E-state index contributed by atoms with van der Waals surface area (Å²) in [5.74, 6) is 0. The van der Waals surface area contributed by atoms with E-state index in [9.17, 15) is 0 Å². The Morgan fingerprint density at radius 3 is 2.68 bits per heavy atom. The molecule has 0 aliphatic carbocycles. The fourth-order valence-electron chi connectivity index (χ4n) is 1.85. The summed E-state index contributed by atoms with van der Waals surface area (Å²) in [5, 5.41) is 6.87. The van der Waals surface area contributed by atoms with Crippen LogP contribution in [0.15, 0.2) is 29.6 Å². The summed E-state index contributed by atoms with van der Waals surface area (Å²) in [6.45, 7) is 7.54. The first kappa shape index (κ1) is 14.2. The second-order valence-corrected chi connectivity index (χ2v) is 5.95. The third-order valence-corrected chi connectivity index (χ3v) is 4.25. The topological polar surface area (TPSA) is 24.9 Å². The van der Waals surface area contributed by atoms with Crippen molar-refractivity contribution in [1.82, 2.24) is 10.3 Å². The van der Waals surface area contributed by atoms with Crippen LogP contribution in [0.5, 0.6) is 0 Å². The minimum absolute atomic E-state index is 0.594. The average Bonchev–Trinajstić information content (AvgIpc) is 2.88. The van der Waals surface area contributed by atoms with Gasteiger partial charge in [0, 0.05) is 30.0 Å². The number of hydrogen-bond acceptors (Lipinski definition) is 3. The summed E-state index contributed by atoms with van der Waals surface area (Å²) < 4.78 is 0. The molecule has 1 N–H and O–H groups in total. The summed E-state index contributed by atoms with van der Waals surface area (Å²) in [6, 6.07) is 9.16. The van der Waals surface area contributed by atoms with Gasteiger partial charge in [-0.15, -0.1) is 11.3 Å². The maximum atomic E-state index is 4.71. The van der Waals surface area contributed by atoms with E-state index in [-0.39, 0.29) is 0 Å². The van der Waals surface area contributed by atoms with Gasteiger partial charge < -0.3 is 5.32 Å². The largest absolute Gasteiger partial charge is 0.314 e. The molecule has 3 heteroatoms. The van der Waals surface area contributed by atoms with Gasteiger partial charge in [-0.2, -0.15) is 0 Å². The quantitative estimate of drug-likeness (QED) is 0.859. The van der Waals surface area contributed by atoms with Crippen molar-refractivity contribution in [3.63, 3.8) is 0 Å². The van der Waals surface area contributed by atoms with Crippen LogP contribution in [0.1, 0.15) is 30.8 Å². The van der Waals surface area contributed by atoms with E-state index in [1.165, 1.54) is 22.6 Å². The molecule has 1 atom stereocenters. The third kappa shape index (κ3) is 4.15. The first-order chi connectivity index (χ1) is 9.19. The zero-order valence-corrected chi connectivity index (χ0v) is 12.8. The van der Waals surface area contributed by atoms with E-state index in [0.29, 0.717) is 6.04 Å². The van der Waals surface area contributed by atoms with E-state index in [0.717, 1.165) is 18.7 Å². The van der Waals surface area contributed by atoms with Gasteiger partial charge in [0.05, 0.1) is 10.7 Å². The zero-order chi connectivity index (χ0) is 13.7. The van der Waals surface area contributed by atoms with Gasteiger partial charge in [0.2, 0.25) is 0 Å². The summed E-state index contributed by atoms with van der Waals surface area (Å²) >= 11 is 1.76. The molecule has 2 nitrogen and oxygen atoms in total. The van der Waals surface area contributed by atoms with Crippen molar-refractivity contribution in [2.75, 3.05) is 6.54 Å². The Morgan fingerprint density at radius 1 is 1.26 bits per heavy atom. The smallest absolute Gasteiger partial charge is 0.0945 e. The number of rotatable bonds is 6. The van der Waals surface area contributed by atoms with Gasteiger partial charge in [0.1, 0.15) is 0 Å². The predicted octanol–water partition coefficient (Wildman–Crippen LogP) is 4.05. The number of aromatic nitrogens is 1. The van der Waals surface area contributed by atoms with Crippen molar-refractivity contribution >= 4 is 11.3 Å². The molecular formula is C16H22N2S. The Bertz CT molecular complexity index is 502. The van der Waals surface area contributed by atoms with E-state index in [1.807, 2.05) is 0 Å². The first-order valence-electron chi connectivity index (χ1n) is 6.94. The van der Waals surface area contributed by atoms with E-state index in [2.05, 4.69) is 55.7 Å². The molecule has 0 spiro atoms. The molecule has 1 aromatic heterocycles. The maximum absolute atomic E-state index is 4.71. The van der Waals surface area contributed by atoms with Crippen LogP contribution >= 0.6 is 11.3 Å². The number of thiazole rings is 1. The van der Waals surface area contributed by atoms with Crippen molar-refractivity contribution in [2.45, 2.75) is 39.7 Å². The molecule has 0 saturated heterocycles. The fraction of sp³-hybridized carbons (Fsp3) is 0.438. The van der Waals surface area contributed by atoms with Crippen molar-refractivity contribution < 1.29 is 0 Å². The fourth-order valence-corrected chi connectivity index (χ4v) is 2.66. The van der Waals surface area contributed by atoms with Crippen LogP contribution in [0.4, 0.5) is 0 Å². The highest BCUT2D eigenvalue weighted by atomic mass is 32.1. The van der Waals surface area contributed by atoms with Crippen LogP contribution in [0.25, 0.3) is 11.3 Å². The molecule has 2 rings (SSSR count). The number of nitrogens with zero attached hydrogens (tertiary/aromatic N) is 1. The van der Waals surface area contributed by atoms with E-state index in [4.69, 9.17) is 4.98 Å². The van der Waals surface area contributed by atoms with Crippen molar-refractivity contribution in [3.8, 4) is 11.3 Å². The van der Waals surface area contributed by atoms with E-state index in [1.54, 1.807) is 11.3 Å². The molecule has 0 bridgehead atoms. The summed E-state index contributed by atoms with van der Waals surface area (Å²) in [4.78, 5) is 4.71. The number of nitrogens with one attached hydrogen (secondary N) is 1. The SMILES string of the molecule is CCC(C)NCCc1nc(-c2ccc(C)cc2)cs1. The van der Waals surface area contributed by atoms with Crippen LogP contribution in [0.2, 0.25) is 0 Å². The lowest BCUT2D eigenvalue weighted by Crippen LogP contribution is -2.27. The normalized spacial score (nSPS) is 12.6. The lowest BCUT2D eigenvalue weighted by molar-refractivity contribution is 0.537. The van der Waals surface area contributed by atoms with E-state index < -0.39 is 0 Å². The molecule has 2 aromatic rings. The van der Waals surface area contributed by atoms with Crippen LogP contribution in [-0.4, -0.2) is 17.6 Å². The lowest BCUT2D eigenvalue weighted by Gasteiger charge is -2.09. The molecule has 1 unspecified atom stereocenters. The molecule has 0 aliphatic rings. The zero-order valence-electron chi connectivity index (χ0n) is 11.9. The van der Waals surface area contributed by atoms with Gasteiger partial charge in [-0.1, -0.05) is 36.8 Å². The molecule has 102 valence electrons. The van der Waals surface area contributed by atoms with Gasteiger partial charge in [0.15, 0.2) is 0 Å². The standard InChI is InChI=1S/C16H22N2S/c1-4-13(3)17-10-9-16-18-15(11-19-16)14-7-5-12(2)6-8-14/h5-8,11,13,17H,4,9-10H2,1-3H3. The Morgan fingerprint density at radius 2 is 2.00 bits per heavy atom. The lowest BCUT2D eigenvalue weighted by atomic mass is 10.1. The van der Waals surface area contributed by atoms with Crippen molar-refractivity contribution in [1.29, 1.82) is 0 Å². The van der Waals surface area contributed by atoms with Gasteiger partial charge in [0.25, 0.3) is 0 Å². The third-order valence-electron chi connectivity index (χ3n) is 3.34. The molecule has 0 amide bonds. The average molecular weight is 274 g/mol. The molecule has 0 fully saturated rings. The Balaban J connectivity index is 1.93. The summed E-state index contributed by atoms with van der Waals surface area (Å²) in [6.07, 6.45) is 2.19. The highest BCUT2D eigenvalue weighted by Crippen LogP contribution is 2.22. The van der Waals surface area contributed by atoms with Crippen LogP contribution in [-0.2, 0) is 6.42 Å². The Kier molecular flexibility index (Phi) is 5.11. The Labute approximate surface area is 119 Å². The molecule has 19 heavy (non-hydrogen) atoms. The van der Waals surface area contributed by atoms with Gasteiger partial charge in [-0.3, -0.25) is 0 Å². The minimum Gasteiger partial charge on any atom is -0.314 e. The van der Waals surface area contributed by atoms with E-state index >= 15 is 0 Å². The molecule has 0 radical (unpaired) electrons. The van der Waals surface area contributed by atoms with Gasteiger partial charge in [-0.25, -0.2) is 4.98 Å². The summed E-state index contributed by atoms with van der Waals surface area (Å²) in [5.41, 5.74) is 3.60. The first-order valence-corrected chi connectivity index (χ1v) is 7.82.